The number of hydrogen-bond acceptors (Lipinski definition) is 7. The molecule has 0 fully saturated rings. The van der Waals surface area contributed by atoms with E-state index in [-0.39, 0.29) is 5.75 Å². The molecular weight excluding hydrogens is 454 g/mol. The summed E-state index contributed by atoms with van der Waals surface area (Å²) in [5.41, 5.74) is 2.11. The fraction of sp³-hybridized carbons (Fsp3) is 0.276. The number of methoxy groups -OCH3 is 2. The summed E-state index contributed by atoms with van der Waals surface area (Å²) < 4.78 is 16.4. The van der Waals surface area contributed by atoms with Gasteiger partial charge in [-0.05, 0) is 67.1 Å². The molecule has 4 rings (SSSR count). The molecule has 0 bridgehead atoms. The Morgan fingerprint density at radius 3 is 1.67 bits per heavy atom. The van der Waals surface area contributed by atoms with E-state index in [0.717, 1.165) is 35.5 Å². The highest BCUT2D eigenvalue weighted by atomic mass is 16.5. The lowest BCUT2D eigenvalue weighted by atomic mass is 10.1. The quantitative estimate of drug-likeness (QED) is 0.241. The fourth-order valence-corrected chi connectivity index (χ4v) is 3.74. The van der Waals surface area contributed by atoms with E-state index in [9.17, 15) is 5.11 Å². The lowest BCUT2D eigenvalue weighted by molar-refractivity contribution is 0.303. The van der Waals surface area contributed by atoms with Crippen LogP contribution in [0.4, 0.5) is 0 Å². The highest BCUT2D eigenvalue weighted by molar-refractivity contribution is 5.70. The van der Waals surface area contributed by atoms with Crippen molar-refractivity contribution in [2.45, 2.75) is 32.6 Å². The molecule has 0 spiro atoms. The molecule has 0 aliphatic carbocycles. The Morgan fingerprint density at radius 1 is 0.639 bits per heavy atom. The summed E-state index contributed by atoms with van der Waals surface area (Å²) in [5.74, 6) is 3.50. The van der Waals surface area contributed by atoms with Gasteiger partial charge in [0, 0.05) is 17.2 Å². The van der Waals surface area contributed by atoms with Gasteiger partial charge in [0.1, 0.15) is 23.0 Å². The zero-order valence-electron chi connectivity index (χ0n) is 20.9. The molecule has 36 heavy (non-hydrogen) atoms. The summed E-state index contributed by atoms with van der Waals surface area (Å²) in [6.45, 7) is 2.80. The summed E-state index contributed by atoms with van der Waals surface area (Å²) in [5, 5.41) is 10.8. The van der Waals surface area contributed by atoms with Crippen LogP contribution in [-0.2, 0) is 0 Å². The molecule has 0 radical (unpaired) electrons. The predicted octanol–water partition coefficient (Wildman–Crippen LogP) is 6.55. The number of unbranched alkanes of at least 4 members (excludes halogenated alkanes) is 3. The van der Waals surface area contributed by atoms with Crippen LogP contribution in [0, 0.1) is 0 Å². The lowest BCUT2D eigenvalue weighted by Gasteiger charge is -2.11. The van der Waals surface area contributed by atoms with E-state index in [4.69, 9.17) is 19.2 Å². The van der Waals surface area contributed by atoms with E-state index < -0.39 is 0 Å². The first kappa shape index (κ1) is 25.0. The van der Waals surface area contributed by atoms with Crippen molar-refractivity contribution in [1.29, 1.82) is 0 Å². The van der Waals surface area contributed by atoms with Gasteiger partial charge in [-0.3, -0.25) is 0 Å². The largest absolute Gasteiger partial charge is 0.507 e. The van der Waals surface area contributed by atoms with Crippen LogP contribution < -0.4 is 14.2 Å². The Kier molecular flexibility index (Phi) is 8.34. The van der Waals surface area contributed by atoms with Crippen LogP contribution in [0.3, 0.4) is 0 Å². The highest BCUT2D eigenvalue weighted by Gasteiger charge is 2.15. The first-order chi connectivity index (χ1) is 17.6. The molecule has 3 aromatic carbocycles. The molecule has 186 valence electrons. The third-order valence-corrected chi connectivity index (χ3v) is 5.81. The van der Waals surface area contributed by atoms with Crippen molar-refractivity contribution in [3.05, 3.63) is 66.7 Å². The number of phenols is 1. The normalized spacial score (nSPS) is 10.8. The minimum atomic E-state index is 0.0496. The number of rotatable bonds is 11. The molecule has 1 N–H and O–H groups in total. The third-order valence-electron chi connectivity index (χ3n) is 5.81. The average molecular weight is 486 g/mol. The van der Waals surface area contributed by atoms with Crippen molar-refractivity contribution < 1.29 is 19.3 Å². The molecule has 0 aliphatic rings. The van der Waals surface area contributed by atoms with Crippen LogP contribution in [0.5, 0.6) is 23.0 Å². The van der Waals surface area contributed by atoms with Gasteiger partial charge in [0.2, 0.25) is 0 Å². The molecule has 0 saturated carbocycles. The molecule has 0 unspecified atom stereocenters. The van der Waals surface area contributed by atoms with E-state index >= 15 is 0 Å². The van der Waals surface area contributed by atoms with Crippen LogP contribution >= 0.6 is 0 Å². The SMILES string of the molecule is CCCCCCOc1ccc(-c2nc(-c3ccc(OC)cc3)nc(-c3ccc(OC)cc3)n2)c(O)c1. The molecule has 0 atom stereocenters. The fourth-order valence-electron chi connectivity index (χ4n) is 3.74. The van der Waals surface area contributed by atoms with Gasteiger partial charge < -0.3 is 19.3 Å². The van der Waals surface area contributed by atoms with Crippen molar-refractivity contribution >= 4 is 0 Å². The topological polar surface area (TPSA) is 86.6 Å². The first-order valence-corrected chi connectivity index (χ1v) is 12.1. The van der Waals surface area contributed by atoms with Crippen molar-refractivity contribution in [3.63, 3.8) is 0 Å². The van der Waals surface area contributed by atoms with Crippen molar-refractivity contribution in [2.75, 3.05) is 20.8 Å². The molecule has 0 aliphatic heterocycles. The van der Waals surface area contributed by atoms with Gasteiger partial charge in [-0.2, -0.15) is 0 Å². The van der Waals surface area contributed by atoms with Crippen LogP contribution in [0.1, 0.15) is 32.6 Å². The maximum atomic E-state index is 10.8. The van der Waals surface area contributed by atoms with E-state index in [1.165, 1.54) is 12.8 Å². The number of nitrogens with zero attached hydrogens (tertiary/aromatic N) is 3. The van der Waals surface area contributed by atoms with Crippen molar-refractivity contribution in [3.8, 4) is 57.2 Å². The molecular formula is C29H31N3O4. The highest BCUT2D eigenvalue weighted by Crippen LogP contribution is 2.33. The monoisotopic (exact) mass is 485 g/mol. The van der Waals surface area contributed by atoms with Crippen LogP contribution in [0.25, 0.3) is 34.2 Å². The second-order valence-corrected chi connectivity index (χ2v) is 8.35. The van der Waals surface area contributed by atoms with Gasteiger partial charge in [-0.15, -0.1) is 0 Å². The smallest absolute Gasteiger partial charge is 0.167 e. The Bertz CT molecular complexity index is 1210. The maximum absolute atomic E-state index is 10.8. The van der Waals surface area contributed by atoms with Crippen LogP contribution in [-0.4, -0.2) is 40.9 Å². The first-order valence-electron chi connectivity index (χ1n) is 12.1. The summed E-state index contributed by atoms with van der Waals surface area (Å²) >= 11 is 0. The van der Waals surface area contributed by atoms with Crippen LogP contribution in [0.2, 0.25) is 0 Å². The maximum Gasteiger partial charge on any atom is 0.167 e. The molecule has 7 nitrogen and oxygen atoms in total. The Balaban J connectivity index is 1.69. The zero-order valence-corrected chi connectivity index (χ0v) is 20.9. The van der Waals surface area contributed by atoms with E-state index in [0.29, 0.717) is 35.4 Å². The van der Waals surface area contributed by atoms with Gasteiger partial charge in [-0.1, -0.05) is 26.2 Å². The van der Waals surface area contributed by atoms with E-state index in [1.54, 1.807) is 26.4 Å². The standard InChI is InChI=1S/C29H31N3O4/c1-4-5-6-7-18-36-24-16-17-25(26(33)19-24)29-31-27(20-8-12-22(34-2)13-9-20)30-28(32-29)21-10-14-23(35-3)15-11-21/h8-17,19,33H,4-7,18H2,1-3H3. The number of aromatic nitrogens is 3. The van der Waals surface area contributed by atoms with Crippen molar-refractivity contribution in [1.82, 2.24) is 15.0 Å². The van der Waals surface area contributed by atoms with Gasteiger partial charge in [0.05, 0.1) is 26.4 Å². The molecule has 0 saturated heterocycles. The number of hydrogen-bond donors (Lipinski definition) is 1. The predicted molar refractivity (Wildman–Crippen MR) is 141 cm³/mol. The third kappa shape index (κ3) is 6.10. The van der Waals surface area contributed by atoms with Gasteiger partial charge in [-0.25, -0.2) is 15.0 Å². The Labute approximate surface area is 211 Å². The molecule has 1 aromatic heterocycles. The van der Waals surface area contributed by atoms with Crippen molar-refractivity contribution in [2.24, 2.45) is 0 Å². The minimum absolute atomic E-state index is 0.0496. The molecule has 4 aromatic rings. The Morgan fingerprint density at radius 2 is 1.17 bits per heavy atom. The summed E-state index contributed by atoms with van der Waals surface area (Å²) in [7, 11) is 3.25. The Hall–Kier alpha value is -4.13. The number of aromatic hydroxyl groups is 1. The lowest BCUT2D eigenvalue weighted by Crippen LogP contribution is -2.01. The second kappa shape index (κ2) is 12.0. The van der Waals surface area contributed by atoms with Gasteiger partial charge in [0.15, 0.2) is 17.5 Å². The number of ether oxygens (including phenoxy) is 3. The average Bonchev–Trinajstić information content (AvgIpc) is 2.93. The van der Waals surface area contributed by atoms with E-state index in [1.807, 2.05) is 54.6 Å². The minimum Gasteiger partial charge on any atom is -0.507 e. The van der Waals surface area contributed by atoms with Gasteiger partial charge in [0.25, 0.3) is 0 Å². The number of phenolic OH excluding ortho intramolecular Hbond substituents is 1. The van der Waals surface area contributed by atoms with Crippen LogP contribution in [0.15, 0.2) is 66.7 Å². The zero-order chi connectivity index (χ0) is 25.3. The number of benzene rings is 3. The second-order valence-electron chi connectivity index (χ2n) is 8.35. The summed E-state index contributed by atoms with van der Waals surface area (Å²) in [4.78, 5) is 14.1. The summed E-state index contributed by atoms with van der Waals surface area (Å²) in [6, 6.07) is 20.2. The molecule has 7 heteroatoms. The summed E-state index contributed by atoms with van der Waals surface area (Å²) in [6.07, 6.45) is 4.49. The molecule has 1 heterocycles. The van der Waals surface area contributed by atoms with Gasteiger partial charge >= 0.3 is 0 Å². The molecule has 0 amide bonds. The van der Waals surface area contributed by atoms with E-state index in [2.05, 4.69) is 16.9 Å².